The Kier molecular flexibility index (Phi) is 5.73. The van der Waals surface area contributed by atoms with Crippen molar-refractivity contribution in [3.63, 3.8) is 0 Å². The maximum absolute atomic E-state index is 11.7. The van der Waals surface area contributed by atoms with E-state index in [1.54, 1.807) is 0 Å². The van der Waals surface area contributed by atoms with Crippen molar-refractivity contribution in [2.45, 2.75) is 19.6 Å². The van der Waals surface area contributed by atoms with E-state index in [1.165, 1.54) is 0 Å². The molecule has 130 valence electrons. The van der Waals surface area contributed by atoms with E-state index < -0.39 is 0 Å². The molecular weight excluding hydrogens is 348 g/mol. The van der Waals surface area contributed by atoms with Crippen molar-refractivity contribution in [1.82, 2.24) is 5.32 Å². The van der Waals surface area contributed by atoms with Crippen molar-refractivity contribution >= 4 is 28.3 Å². The van der Waals surface area contributed by atoms with E-state index in [2.05, 4.69) is 5.32 Å². The van der Waals surface area contributed by atoms with Gasteiger partial charge in [-0.25, -0.2) is 0 Å². The molecule has 0 fully saturated rings. The molecule has 4 nitrogen and oxygen atoms in total. The second-order valence-electron chi connectivity index (χ2n) is 5.76. The molecule has 0 heterocycles. The molecule has 1 N–H and O–H groups in total. The number of halogens is 1. The van der Waals surface area contributed by atoms with Gasteiger partial charge in [-0.15, -0.1) is 0 Å². The number of hydrogen-bond donors (Lipinski definition) is 1. The SMILES string of the molecule is N#CCC(=O)NCc1c(OCc2ccccc2Cl)ccc2ccccc12. The fourth-order valence-corrected chi connectivity index (χ4v) is 2.92. The molecule has 0 bridgehead atoms. The van der Waals surface area contributed by atoms with Crippen molar-refractivity contribution in [2.24, 2.45) is 0 Å². The minimum Gasteiger partial charge on any atom is -0.488 e. The van der Waals surface area contributed by atoms with Crippen LogP contribution in [-0.2, 0) is 17.9 Å². The first-order chi connectivity index (χ1) is 12.7. The summed E-state index contributed by atoms with van der Waals surface area (Å²) in [7, 11) is 0. The third-order valence-electron chi connectivity index (χ3n) is 4.04. The number of fused-ring (bicyclic) bond motifs is 1. The maximum atomic E-state index is 11.7. The highest BCUT2D eigenvalue weighted by atomic mass is 35.5. The summed E-state index contributed by atoms with van der Waals surface area (Å²) < 4.78 is 6.00. The summed E-state index contributed by atoms with van der Waals surface area (Å²) in [6.07, 6.45) is -0.166. The molecule has 0 aliphatic carbocycles. The summed E-state index contributed by atoms with van der Waals surface area (Å²) in [6.45, 7) is 0.622. The van der Waals surface area contributed by atoms with Gasteiger partial charge in [0.2, 0.25) is 5.91 Å². The van der Waals surface area contributed by atoms with Crippen molar-refractivity contribution in [3.8, 4) is 11.8 Å². The molecule has 0 radical (unpaired) electrons. The molecule has 3 rings (SSSR count). The second kappa shape index (κ2) is 8.37. The molecule has 0 unspecified atom stereocenters. The largest absolute Gasteiger partial charge is 0.488 e. The predicted molar refractivity (Wildman–Crippen MR) is 102 cm³/mol. The lowest BCUT2D eigenvalue weighted by molar-refractivity contribution is -0.120. The number of rotatable bonds is 6. The minimum absolute atomic E-state index is 0.166. The first-order valence-electron chi connectivity index (χ1n) is 8.19. The van der Waals surface area contributed by atoms with Crippen LogP contribution in [0.1, 0.15) is 17.5 Å². The van der Waals surface area contributed by atoms with E-state index in [1.807, 2.05) is 66.7 Å². The monoisotopic (exact) mass is 364 g/mol. The summed E-state index contributed by atoms with van der Waals surface area (Å²) in [4.78, 5) is 11.7. The van der Waals surface area contributed by atoms with Crippen LogP contribution in [0.3, 0.4) is 0 Å². The van der Waals surface area contributed by atoms with Crippen LogP contribution in [0.2, 0.25) is 5.02 Å². The van der Waals surface area contributed by atoms with E-state index in [0.717, 1.165) is 21.9 Å². The van der Waals surface area contributed by atoms with E-state index >= 15 is 0 Å². The van der Waals surface area contributed by atoms with Crippen LogP contribution in [0, 0.1) is 11.3 Å². The quantitative estimate of drug-likeness (QED) is 0.695. The Morgan fingerprint density at radius 3 is 2.65 bits per heavy atom. The molecule has 0 atom stereocenters. The van der Waals surface area contributed by atoms with Gasteiger partial charge >= 0.3 is 0 Å². The van der Waals surface area contributed by atoms with Gasteiger partial charge in [0.15, 0.2) is 0 Å². The Balaban J connectivity index is 1.88. The average Bonchev–Trinajstić information content (AvgIpc) is 2.66. The first kappa shape index (κ1) is 17.8. The lowest BCUT2D eigenvalue weighted by Crippen LogP contribution is -2.22. The first-order valence-corrected chi connectivity index (χ1v) is 8.57. The number of nitrogens with zero attached hydrogens (tertiary/aromatic N) is 1. The van der Waals surface area contributed by atoms with Crippen LogP contribution < -0.4 is 10.1 Å². The Bertz CT molecular complexity index is 979. The Hall–Kier alpha value is -3.03. The molecular formula is C21H17ClN2O2. The summed E-state index contributed by atoms with van der Waals surface area (Å²) in [5.41, 5.74) is 1.77. The Morgan fingerprint density at radius 1 is 1.08 bits per heavy atom. The standard InChI is InChI=1S/C21H17ClN2O2/c22-19-8-4-2-6-16(19)14-26-20-10-9-15-5-1-3-7-17(15)18(20)13-24-21(25)11-12-23/h1-10H,11,13-14H2,(H,24,25). The molecule has 0 saturated heterocycles. The van der Waals surface area contributed by atoms with Gasteiger partial charge in [-0.05, 0) is 22.9 Å². The van der Waals surface area contributed by atoms with Gasteiger partial charge in [-0.3, -0.25) is 4.79 Å². The third-order valence-corrected chi connectivity index (χ3v) is 4.41. The molecule has 5 heteroatoms. The van der Waals surface area contributed by atoms with Crippen LogP contribution in [-0.4, -0.2) is 5.91 Å². The smallest absolute Gasteiger partial charge is 0.234 e. The third kappa shape index (κ3) is 4.14. The molecule has 3 aromatic rings. The fourth-order valence-electron chi connectivity index (χ4n) is 2.73. The van der Waals surface area contributed by atoms with Crippen LogP contribution in [0.15, 0.2) is 60.7 Å². The highest BCUT2D eigenvalue weighted by Gasteiger charge is 2.11. The molecule has 3 aromatic carbocycles. The van der Waals surface area contributed by atoms with Crippen molar-refractivity contribution in [1.29, 1.82) is 5.26 Å². The normalized spacial score (nSPS) is 10.3. The van der Waals surface area contributed by atoms with Gasteiger partial charge in [0.1, 0.15) is 18.8 Å². The minimum atomic E-state index is -0.308. The zero-order valence-electron chi connectivity index (χ0n) is 14.0. The highest BCUT2D eigenvalue weighted by molar-refractivity contribution is 6.31. The number of nitriles is 1. The van der Waals surface area contributed by atoms with Gasteiger partial charge in [-0.2, -0.15) is 5.26 Å². The molecule has 0 aliphatic rings. The zero-order valence-corrected chi connectivity index (χ0v) is 14.8. The number of carbonyl (C=O) groups excluding carboxylic acids is 1. The fraction of sp³-hybridized carbons (Fsp3) is 0.143. The van der Waals surface area contributed by atoms with E-state index in [-0.39, 0.29) is 12.3 Å². The number of benzene rings is 3. The van der Waals surface area contributed by atoms with Gasteiger partial charge in [0, 0.05) is 22.7 Å². The molecule has 0 spiro atoms. The van der Waals surface area contributed by atoms with Crippen LogP contribution in [0.5, 0.6) is 5.75 Å². The Morgan fingerprint density at radius 2 is 1.85 bits per heavy atom. The molecule has 1 amide bonds. The van der Waals surface area contributed by atoms with E-state index in [9.17, 15) is 4.79 Å². The molecule has 0 aliphatic heterocycles. The van der Waals surface area contributed by atoms with Crippen molar-refractivity contribution < 1.29 is 9.53 Å². The van der Waals surface area contributed by atoms with Gasteiger partial charge in [-0.1, -0.05) is 60.1 Å². The number of nitrogens with one attached hydrogen (secondary N) is 1. The zero-order chi connectivity index (χ0) is 18.4. The number of hydrogen-bond acceptors (Lipinski definition) is 3. The van der Waals surface area contributed by atoms with Gasteiger partial charge in [0.25, 0.3) is 0 Å². The lowest BCUT2D eigenvalue weighted by atomic mass is 10.0. The van der Waals surface area contributed by atoms with E-state index in [4.69, 9.17) is 21.6 Å². The number of amides is 1. The number of carbonyl (C=O) groups is 1. The summed E-state index contributed by atoms with van der Waals surface area (Å²) in [5.74, 6) is 0.373. The second-order valence-corrected chi connectivity index (χ2v) is 6.16. The highest BCUT2D eigenvalue weighted by Crippen LogP contribution is 2.29. The molecule has 0 saturated carbocycles. The number of ether oxygens (including phenoxy) is 1. The van der Waals surface area contributed by atoms with Gasteiger partial charge < -0.3 is 10.1 Å². The molecule has 0 aromatic heterocycles. The van der Waals surface area contributed by atoms with Gasteiger partial charge in [0.05, 0.1) is 6.07 Å². The summed E-state index contributed by atoms with van der Waals surface area (Å²) >= 11 is 6.20. The topological polar surface area (TPSA) is 62.1 Å². The molecule has 26 heavy (non-hydrogen) atoms. The Labute approximate surface area is 157 Å². The lowest BCUT2D eigenvalue weighted by Gasteiger charge is -2.15. The average molecular weight is 365 g/mol. The van der Waals surface area contributed by atoms with Crippen LogP contribution >= 0.6 is 11.6 Å². The predicted octanol–water partition coefficient (Wildman–Crippen LogP) is 4.60. The maximum Gasteiger partial charge on any atom is 0.234 e. The summed E-state index contributed by atoms with van der Waals surface area (Å²) in [5, 5.41) is 14.1. The van der Waals surface area contributed by atoms with Crippen molar-refractivity contribution in [3.05, 3.63) is 76.8 Å². The van der Waals surface area contributed by atoms with Crippen LogP contribution in [0.25, 0.3) is 10.8 Å². The van der Waals surface area contributed by atoms with Crippen molar-refractivity contribution in [2.75, 3.05) is 0 Å². The summed E-state index contributed by atoms with van der Waals surface area (Å²) in [6, 6.07) is 21.2. The van der Waals surface area contributed by atoms with E-state index in [0.29, 0.717) is 23.9 Å². The van der Waals surface area contributed by atoms with Crippen LogP contribution in [0.4, 0.5) is 0 Å².